The van der Waals surface area contributed by atoms with Gasteiger partial charge in [-0.1, -0.05) is 25.3 Å². The van der Waals surface area contributed by atoms with E-state index < -0.39 is 0 Å². The molecule has 2 atom stereocenters. The van der Waals surface area contributed by atoms with Gasteiger partial charge in [-0.15, -0.1) is 0 Å². The number of aryl methyl sites for hydroxylation is 1. The minimum Gasteiger partial charge on any atom is -0.311 e. The molecule has 1 aromatic heterocycles. The number of pyridine rings is 1. The lowest BCUT2D eigenvalue weighted by molar-refractivity contribution is 0.0968. The van der Waals surface area contributed by atoms with Crippen LogP contribution in [0.1, 0.15) is 50.3 Å². The first-order valence-electron chi connectivity index (χ1n) is 8.62. The maximum absolute atomic E-state index is 4.58. The minimum atomic E-state index is 0.603. The van der Waals surface area contributed by atoms with Gasteiger partial charge in [-0.05, 0) is 44.2 Å². The largest absolute Gasteiger partial charge is 0.311 e. The molecular formula is C18H29N3. The summed E-state index contributed by atoms with van der Waals surface area (Å²) in [6, 6.07) is 5.50. The van der Waals surface area contributed by atoms with E-state index in [0.717, 1.165) is 19.0 Å². The number of hydrogen-bond acceptors (Lipinski definition) is 3. The Morgan fingerprint density at radius 1 is 1.29 bits per heavy atom. The van der Waals surface area contributed by atoms with Gasteiger partial charge in [0.25, 0.3) is 0 Å². The van der Waals surface area contributed by atoms with Crippen molar-refractivity contribution in [3.8, 4) is 0 Å². The smallest absolute Gasteiger partial charge is 0.0573 e. The van der Waals surface area contributed by atoms with Gasteiger partial charge in [0.15, 0.2) is 0 Å². The molecule has 2 fully saturated rings. The molecule has 2 unspecified atom stereocenters. The molecule has 1 aromatic rings. The average molecular weight is 287 g/mol. The SMILES string of the molecule is Cc1cccnc1CN1CC(C2CCCCC2)NCC1C. The Balaban J connectivity index is 1.64. The molecule has 3 nitrogen and oxygen atoms in total. The van der Waals surface area contributed by atoms with Crippen LogP contribution in [0.25, 0.3) is 0 Å². The van der Waals surface area contributed by atoms with Crippen molar-refractivity contribution in [1.29, 1.82) is 0 Å². The Morgan fingerprint density at radius 2 is 2.10 bits per heavy atom. The van der Waals surface area contributed by atoms with E-state index in [-0.39, 0.29) is 0 Å². The van der Waals surface area contributed by atoms with E-state index >= 15 is 0 Å². The monoisotopic (exact) mass is 287 g/mol. The lowest BCUT2D eigenvalue weighted by atomic mass is 9.82. The fourth-order valence-electron chi connectivity index (χ4n) is 3.90. The van der Waals surface area contributed by atoms with E-state index in [4.69, 9.17) is 0 Å². The van der Waals surface area contributed by atoms with Crippen LogP contribution >= 0.6 is 0 Å². The van der Waals surface area contributed by atoms with Crippen LogP contribution in [0.3, 0.4) is 0 Å². The third-order valence-corrected chi connectivity index (χ3v) is 5.42. The maximum Gasteiger partial charge on any atom is 0.0573 e. The molecule has 1 saturated heterocycles. The summed E-state index contributed by atoms with van der Waals surface area (Å²) in [6.07, 6.45) is 9.06. The van der Waals surface area contributed by atoms with E-state index in [9.17, 15) is 0 Å². The van der Waals surface area contributed by atoms with E-state index in [1.54, 1.807) is 0 Å². The minimum absolute atomic E-state index is 0.603. The van der Waals surface area contributed by atoms with Crippen LogP contribution in [-0.4, -0.2) is 35.1 Å². The summed E-state index contributed by atoms with van der Waals surface area (Å²) in [7, 11) is 0. The van der Waals surface area contributed by atoms with Gasteiger partial charge < -0.3 is 5.32 Å². The van der Waals surface area contributed by atoms with Crippen molar-refractivity contribution in [3.05, 3.63) is 29.6 Å². The highest BCUT2D eigenvalue weighted by atomic mass is 15.2. The predicted octanol–water partition coefficient (Wildman–Crippen LogP) is 3.13. The number of piperazine rings is 1. The van der Waals surface area contributed by atoms with Gasteiger partial charge in [-0.2, -0.15) is 0 Å². The maximum atomic E-state index is 4.58. The Kier molecular flexibility index (Phi) is 4.91. The van der Waals surface area contributed by atoms with Crippen molar-refractivity contribution in [2.45, 2.75) is 64.6 Å². The van der Waals surface area contributed by atoms with Gasteiger partial charge in [-0.25, -0.2) is 0 Å². The predicted molar refractivity (Wildman–Crippen MR) is 87.2 cm³/mol. The average Bonchev–Trinajstić information content (AvgIpc) is 2.52. The van der Waals surface area contributed by atoms with Crippen LogP contribution in [-0.2, 0) is 6.54 Å². The highest BCUT2D eigenvalue weighted by Gasteiger charge is 2.31. The third-order valence-electron chi connectivity index (χ3n) is 5.42. The number of rotatable bonds is 3. The van der Waals surface area contributed by atoms with E-state index in [1.807, 2.05) is 12.3 Å². The van der Waals surface area contributed by atoms with Crippen LogP contribution < -0.4 is 5.32 Å². The summed E-state index contributed by atoms with van der Waals surface area (Å²) >= 11 is 0. The molecular weight excluding hydrogens is 258 g/mol. The molecule has 1 N–H and O–H groups in total. The molecule has 116 valence electrons. The Hall–Kier alpha value is -0.930. The van der Waals surface area contributed by atoms with Crippen molar-refractivity contribution in [3.63, 3.8) is 0 Å². The van der Waals surface area contributed by atoms with E-state index in [2.05, 4.69) is 35.1 Å². The summed E-state index contributed by atoms with van der Waals surface area (Å²) in [5, 5.41) is 3.81. The fourth-order valence-corrected chi connectivity index (χ4v) is 3.90. The zero-order valence-corrected chi connectivity index (χ0v) is 13.5. The molecule has 0 bridgehead atoms. The molecule has 1 aliphatic heterocycles. The summed E-state index contributed by atoms with van der Waals surface area (Å²) in [5.74, 6) is 0.888. The summed E-state index contributed by atoms with van der Waals surface area (Å²) < 4.78 is 0. The van der Waals surface area contributed by atoms with E-state index in [1.165, 1.54) is 49.9 Å². The summed E-state index contributed by atoms with van der Waals surface area (Å²) in [5.41, 5.74) is 2.56. The van der Waals surface area contributed by atoms with Gasteiger partial charge in [0.05, 0.1) is 5.69 Å². The van der Waals surface area contributed by atoms with Crippen LogP contribution in [0.2, 0.25) is 0 Å². The van der Waals surface area contributed by atoms with Gasteiger partial charge >= 0.3 is 0 Å². The number of aromatic nitrogens is 1. The van der Waals surface area contributed by atoms with Crippen molar-refractivity contribution in [2.75, 3.05) is 13.1 Å². The van der Waals surface area contributed by atoms with Crippen molar-refractivity contribution >= 4 is 0 Å². The highest BCUT2D eigenvalue weighted by Crippen LogP contribution is 2.28. The normalized spacial score (nSPS) is 28.7. The standard InChI is InChI=1S/C18H29N3/c1-14-7-6-10-19-17(14)12-21-13-18(20-11-15(21)2)16-8-4-3-5-9-16/h6-7,10,15-16,18,20H,3-5,8-9,11-13H2,1-2H3. The summed E-state index contributed by atoms with van der Waals surface area (Å²) in [4.78, 5) is 7.21. The zero-order chi connectivity index (χ0) is 14.7. The second-order valence-electron chi connectivity index (χ2n) is 6.96. The second-order valence-corrected chi connectivity index (χ2v) is 6.96. The van der Waals surface area contributed by atoms with Gasteiger partial charge in [0.1, 0.15) is 0 Å². The molecule has 3 rings (SSSR count). The lowest BCUT2D eigenvalue weighted by Gasteiger charge is -2.42. The molecule has 3 heteroatoms. The van der Waals surface area contributed by atoms with Crippen LogP contribution in [0.4, 0.5) is 0 Å². The molecule has 2 heterocycles. The van der Waals surface area contributed by atoms with Crippen molar-refractivity contribution in [1.82, 2.24) is 15.2 Å². The van der Waals surface area contributed by atoms with Crippen molar-refractivity contribution < 1.29 is 0 Å². The number of nitrogens with zero attached hydrogens (tertiary/aromatic N) is 2. The molecule has 1 saturated carbocycles. The first-order valence-corrected chi connectivity index (χ1v) is 8.62. The van der Waals surface area contributed by atoms with Crippen LogP contribution in [0.15, 0.2) is 18.3 Å². The first-order chi connectivity index (χ1) is 10.2. The zero-order valence-electron chi connectivity index (χ0n) is 13.5. The molecule has 21 heavy (non-hydrogen) atoms. The fraction of sp³-hybridized carbons (Fsp3) is 0.722. The highest BCUT2D eigenvalue weighted by molar-refractivity contribution is 5.17. The van der Waals surface area contributed by atoms with Gasteiger partial charge in [0.2, 0.25) is 0 Å². The summed E-state index contributed by atoms with van der Waals surface area (Å²) in [6.45, 7) is 7.81. The van der Waals surface area contributed by atoms with Crippen LogP contribution in [0, 0.1) is 12.8 Å². The quantitative estimate of drug-likeness (QED) is 0.926. The number of nitrogens with one attached hydrogen (secondary N) is 1. The van der Waals surface area contributed by atoms with Gasteiger partial charge in [-0.3, -0.25) is 9.88 Å². The lowest BCUT2D eigenvalue weighted by Crippen LogP contribution is -2.57. The Bertz CT molecular complexity index is 454. The molecule has 1 aliphatic carbocycles. The molecule has 0 radical (unpaired) electrons. The Labute approximate surface area is 129 Å². The topological polar surface area (TPSA) is 28.2 Å². The first kappa shape index (κ1) is 15.0. The molecule has 0 aromatic carbocycles. The van der Waals surface area contributed by atoms with E-state index in [0.29, 0.717) is 12.1 Å². The van der Waals surface area contributed by atoms with Gasteiger partial charge in [0, 0.05) is 37.9 Å². The van der Waals surface area contributed by atoms with Crippen LogP contribution in [0.5, 0.6) is 0 Å². The number of hydrogen-bond donors (Lipinski definition) is 1. The second kappa shape index (κ2) is 6.89. The third kappa shape index (κ3) is 3.64. The Morgan fingerprint density at radius 3 is 2.86 bits per heavy atom. The molecule has 2 aliphatic rings. The molecule has 0 spiro atoms. The van der Waals surface area contributed by atoms with Crippen molar-refractivity contribution in [2.24, 2.45) is 5.92 Å². The molecule has 0 amide bonds.